The molecule has 11 heavy (non-hydrogen) atoms. The van der Waals surface area contributed by atoms with Gasteiger partial charge in [0.1, 0.15) is 0 Å². The molecule has 0 saturated heterocycles. The summed E-state index contributed by atoms with van der Waals surface area (Å²) in [6.07, 6.45) is 0. The molecule has 1 aromatic carbocycles. The Hall–Kier alpha value is -0.383. The van der Waals surface area contributed by atoms with Gasteiger partial charge in [0.15, 0.2) is 0 Å². The van der Waals surface area contributed by atoms with Gasteiger partial charge >= 0.3 is 77.3 Å². The quantitative estimate of drug-likeness (QED) is 0.563. The van der Waals surface area contributed by atoms with Crippen molar-refractivity contribution in [2.45, 2.75) is 5.09 Å². The zero-order valence-electron chi connectivity index (χ0n) is 7.46. The summed E-state index contributed by atoms with van der Waals surface area (Å²) in [4.78, 5) is 2.15. The van der Waals surface area contributed by atoms with Gasteiger partial charge in [0.25, 0.3) is 0 Å². The van der Waals surface area contributed by atoms with Gasteiger partial charge in [-0.3, -0.25) is 0 Å². The summed E-state index contributed by atoms with van der Waals surface area (Å²) >= 11 is 2.18. The van der Waals surface area contributed by atoms with Crippen LogP contribution in [0.15, 0.2) is 24.3 Å². The molecule has 0 heterocycles. The molecular formula is C9H12LiN. The van der Waals surface area contributed by atoms with Crippen molar-refractivity contribution < 1.29 is 0 Å². The second-order valence-corrected chi connectivity index (χ2v) is 2.88. The normalized spacial score (nSPS) is 9.82. The van der Waals surface area contributed by atoms with Crippen LogP contribution >= 0.6 is 0 Å². The number of benzene rings is 1. The van der Waals surface area contributed by atoms with E-state index in [1.54, 1.807) is 0 Å². The van der Waals surface area contributed by atoms with Crippen molar-refractivity contribution in [1.29, 1.82) is 0 Å². The van der Waals surface area contributed by atoms with E-state index in [0.29, 0.717) is 0 Å². The van der Waals surface area contributed by atoms with Gasteiger partial charge in [-0.15, -0.1) is 0 Å². The fourth-order valence-corrected chi connectivity index (χ4v) is 1.25. The summed E-state index contributed by atoms with van der Waals surface area (Å²) < 4.78 is 0. The number of hydrogen-bond donors (Lipinski definition) is 0. The van der Waals surface area contributed by atoms with E-state index < -0.39 is 0 Å². The summed E-state index contributed by atoms with van der Waals surface area (Å²) in [5.74, 6) is 0. The van der Waals surface area contributed by atoms with Gasteiger partial charge in [0.05, 0.1) is 0 Å². The van der Waals surface area contributed by atoms with Crippen molar-refractivity contribution in [2.24, 2.45) is 0 Å². The van der Waals surface area contributed by atoms with Gasteiger partial charge in [0.2, 0.25) is 0 Å². The maximum absolute atomic E-state index is 2.18. The molecule has 0 unspecified atom stereocenters. The fraction of sp³-hybridized carbons (Fsp3) is 0.333. The molecule has 0 aliphatic heterocycles. The second kappa shape index (κ2) is 3.85. The Morgan fingerprint density at radius 3 is 2.36 bits per heavy atom. The van der Waals surface area contributed by atoms with Crippen molar-refractivity contribution in [3.05, 3.63) is 29.8 Å². The molecule has 1 aromatic rings. The SMILES string of the molecule is [Li][CH2]c1ccccc1N(C)C. The van der Waals surface area contributed by atoms with Crippen LogP contribution in [0.25, 0.3) is 0 Å². The van der Waals surface area contributed by atoms with Crippen LogP contribution in [0.3, 0.4) is 0 Å². The molecule has 0 N–H and O–H groups in total. The van der Waals surface area contributed by atoms with Crippen LogP contribution in [0.4, 0.5) is 5.69 Å². The monoisotopic (exact) mass is 141 g/mol. The Morgan fingerprint density at radius 2 is 1.91 bits per heavy atom. The molecule has 0 aliphatic carbocycles. The first-order valence-corrected chi connectivity index (χ1v) is 4.01. The van der Waals surface area contributed by atoms with Crippen molar-refractivity contribution in [3.8, 4) is 0 Å². The van der Waals surface area contributed by atoms with Crippen LogP contribution in [0.5, 0.6) is 0 Å². The van der Waals surface area contributed by atoms with E-state index in [9.17, 15) is 0 Å². The van der Waals surface area contributed by atoms with Crippen molar-refractivity contribution in [2.75, 3.05) is 19.0 Å². The minimum atomic E-state index is 1.11. The molecule has 54 valence electrons. The Balaban J connectivity index is 3.02. The Labute approximate surface area is 77.6 Å². The molecule has 0 saturated carbocycles. The molecule has 2 heteroatoms. The van der Waals surface area contributed by atoms with Gasteiger partial charge in [-0.1, -0.05) is 0 Å². The number of rotatable bonds is 2. The molecule has 0 bridgehead atoms. The maximum atomic E-state index is 2.18. The van der Waals surface area contributed by atoms with Gasteiger partial charge in [0, 0.05) is 0 Å². The molecular weight excluding hydrogens is 129 g/mol. The molecule has 0 aromatic heterocycles. The minimum absolute atomic E-state index is 1.11. The Morgan fingerprint density at radius 1 is 1.27 bits per heavy atom. The van der Waals surface area contributed by atoms with Gasteiger partial charge in [-0.25, -0.2) is 0 Å². The van der Waals surface area contributed by atoms with Crippen LogP contribution in [0.1, 0.15) is 5.56 Å². The molecule has 0 radical (unpaired) electrons. The summed E-state index contributed by atoms with van der Waals surface area (Å²) in [5.41, 5.74) is 2.74. The Kier molecular flexibility index (Phi) is 3.05. The van der Waals surface area contributed by atoms with E-state index in [-0.39, 0.29) is 0 Å². The number of para-hydroxylation sites is 1. The van der Waals surface area contributed by atoms with E-state index >= 15 is 0 Å². The Bertz CT molecular complexity index is 233. The molecule has 0 amide bonds. The second-order valence-electron chi connectivity index (χ2n) is 2.88. The molecule has 0 aliphatic rings. The third-order valence-electron chi connectivity index (χ3n) is 1.85. The van der Waals surface area contributed by atoms with E-state index in [0.717, 1.165) is 5.09 Å². The summed E-state index contributed by atoms with van der Waals surface area (Å²) in [6.45, 7) is 0. The zero-order valence-corrected chi connectivity index (χ0v) is 7.46. The summed E-state index contributed by atoms with van der Waals surface area (Å²) in [6, 6.07) is 8.49. The molecule has 1 rings (SSSR count). The number of nitrogens with zero attached hydrogens (tertiary/aromatic N) is 1. The average Bonchev–Trinajstić information content (AvgIpc) is 2.04. The molecule has 0 spiro atoms. The average molecular weight is 141 g/mol. The third kappa shape index (κ3) is 2.02. The van der Waals surface area contributed by atoms with Gasteiger partial charge < -0.3 is 0 Å². The number of anilines is 1. The van der Waals surface area contributed by atoms with E-state index in [1.165, 1.54) is 11.3 Å². The first-order chi connectivity index (χ1) is 5.25. The van der Waals surface area contributed by atoms with E-state index in [1.807, 2.05) is 0 Å². The van der Waals surface area contributed by atoms with Crippen LogP contribution in [0, 0.1) is 0 Å². The van der Waals surface area contributed by atoms with E-state index in [2.05, 4.69) is 61.0 Å². The molecule has 0 fully saturated rings. The van der Waals surface area contributed by atoms with Gasteiger partial charge in [-0.05, 0) is 0 Å². The predicted molar refractivity (Wildman–Crippen MR) is 50.2 cm³/mol. The molecule has 0 atom stereocenters. The van der Waals surface area contributed by atoms with Crippen molar-refractivity contribution in [1.82, 2.24) is 0 Å². The summed E-state index contributed by atoms with van der Waals surface area (Å²) in [7, 11) is 4.16. The van der Waals surface area contributed by atoms with Crippen LogP contribution in [-0.4, -0.2) is 31.8 Å². The van der Waals surface area contributed by atoms with Crippen LogP contribution in [0.2, 0.25) is 0 Å². The number of hydrogen-bond acceptors (Lipinski definition) is 1. The first kappa shape index (κ1) is 8.71. The standard InChI is InChI=1S/C9H12N.Li/c1-8-6-4-5-7-9(8)10(2)3;/h4-7H,1H2,2-3H3;. The van der Waals surface area contributed by atoms with Gasteiger partial charge in [-0.2, -0.15) is 0 Å². The van der Waals surface area contributed by atoms with Crippen LogP contribution in [-0.2, 0) is 5.09 Å². The predicted octanol–water partition coefficient (Wildman–Crippen LogP) is 1.42. The van der Waals surface area contributed by atoms with Crippen molar-refractivity contribution >= 4 is 23.4 Å². The molecule has 1 nitrogen and oxygen atoms in total. The zero-order chi connectivity index (χ0) is 8.27. The summed E-state index contributed by atoms with van der Waals surface area (Å²) in [5, 5.41) is 1.11. The first-order valence-electron chi connectivity index (χ1n) is 4.01. The van der Waals surface area contributed by atoms with E-state index in [4.69, 9.17) is 0 Å². The fourth-order valence-electron chi connectivity index (χ4n) is 1.25. The third-order valence-corrected chi connectivity index (χ3v) is 1.85. The van der Waals surface area contributed by atoms with Crippen molar-refractivity contribution in [3.63, 3.8) is 0 Å². The topological polar surface area (TPSA) is 3.24 Å². The van der Waals surface area contributed by atoms with Crippen LogP contribution < -0.4 is 4.90 Å².